The summed E-state index contributed by atoms with van der Waals surface area (Å²) in [4.78, 5) is 25.8. The molecule has 0 N–H and O–H groups in total. The molecule has 6 nitrogen and oxygen atoms in total. The summed E-state index contributed by atoms with van der Waals surface area (Å²) in [5, 5.41) is 0.756. The zero-order valence-corrected chi connectivity index (χ0v) is 17.2. The Morgan fingerprint density at radius 1 is 1.22 bits per heavy atom. The van der Waals surface area contributed by atoms with Crippen molar-refractivity contribution in [2.24, 2.45) is 0 Å². The van der Waals surface area contributed by atoms with Crippen molar-refractivity contribution in [3.05, 3.63) is 46.6 Å². The zero-order valence-electron chi connectivity index (χ0n) is 16.4. The Kier molecular flexibility index (Phi) is 6.34. The molecule has 0 unspecified atom stereocenters. The minimum atomic E-state index is 0.0717. The van der Waals surface area contributed by atoms with Crippen LogP contribution in [0.2, 0.25) is 0 Å². The number of hydrogen-bond donors (Lipinski definition) is 0. The summed E-state index contributed by atoms with van der Waals surface area (Å²) in [6, 6.07) is 7.83. The molecule has 1 aromatic heterocycles. The van der Waals surface area contributed by atoms with Crippen LogP contribution < -0.4 is 4.90 Å². The van der Waals surface area contributed by atoms with E-state index in [-0.39, 0.29) is 5.91 Å². The lowest BCUT2D eigenvalue weighted by molar-refractivity contribution is 0.0303. The van der Waals surface area contributed by atoms with E-state index in [1.165, 1.54) is 0 Å². The van der Waals surface area contributed by atoms with E-state index in [9.17, 15) is 4.79 Å². The molecule has 144 valence electrons. The van der Waals surface area contributed by atoms with Crippen LogP contribution in [0, 0.1) is 13.8 Å². The molecular formula is C20H26N4O2S. The Hall–Kier alpha value is -2.12. The van der Waals surface area contributed by atoms with Crippen LogP contribution in [0.15, 0.2) is 29.4 Å². The molecule has 1 saturated heterocycles. The van der Waals surface area contributed by atoms with Gasteiger partial charge in [-0.05, 0) is 31.5 Å². The molecule has 1 aromatic carbocycles. The molecule has 1 aliphatic heterocycles. The van der Waals surface area contributed by atoms with Crippen molar-refractivity contribution < 1.29 is 9.53 Å². The monoisotopic (exact) mass is 386 g/mol. The molecule has 1 aliphatic rings. The third-order valence-corrected chi connectivity index (χ3v) is 5.53. The molecule has 3 rings (SSSR count). The number of ether oxygens (including phenoxy) is 1. The fourth-order valence-electron chi connectivity index (χ4n) is 2.98. The molecule has 1 fully saturated rings. The summed E-state index contributed by atoms with van der Waals surface area (Å²) >= 11 is 1.59. The van der Waals surface area contributed by atoms with E-state index in [1.54, 1.807) is 11.8 Å². The molecule has 0 radical (unpaired) electrons. The standard InChI is InChI=1S/C20H26N4O2S/c1-14-15(2)21-20(22-18(14)23(3)4)27-13-16-6-5-7-17(12-16)19(25)24-8-10-26-11-9-24/h5-7,12H,8-11,13H2,1-4H3. The number of aromatic nitrogens is 2. The number of carbonyl (C=O) groups excluding carboxylic acids is 1. The SMILES string of the molecule is Cc1nc(SCc2cccc(C(=O)N3CCOCC3)c2)nc(N(C)C)c1C. The van der Waals surface area contributed by atoms with Gasteiger partial charge in [0, 0.05) is 49.8 Å². The fourth-order valence-corrected chi connectivity index (χ4v) is 3.81. The zero-order chi connectivity index (χ0) is 19.4. The second-order valence-electron chi connectivity index (χ2n) is 6.83. The molecule has 0 saturated carbocycles. The Bertz CT molecular complexity index is 820. The van der Waals surface area contributed by atoms with Gasteiger partial charge in [0.1, 0.15) is 5.82 Å². The number of nitrogens with zero attached hydrogens (tertiary/aromatic N) is 4. The summed E-state index contributed by atoms with van der Waals surface area (Å²) in [5.74, 6) is 1.74. The Morgan fingerprint density at radius 3 is 2.67 bits per heavy atom. The molecule has 27 heavy (non-hydrogen) atoms. The highest BCUT2D eigenvalue weighted by Crippen LogP contribution is 2.25. The number of anilines is 1. The van der Waals surface area contributed by atoms with Crippen molar-refractivity contribution in [2.45, 2.75) is 24.8 Å². The maximum Gasteiger partial charge on any atom is 0.254 e. The number of rotatable bonds is 5. The van der Waals surface area contributed by atoms with Crippen molar-refractivity contribution >= 4 is 23.5 Å². The molecule has 7 heteroatoms. The summed E-state index contributed by atoms with van der Waals surface area (Å²) < 4.78 is 5.33. The second-order valence-corrected chi connectivity index (χ2v) is 7.77. The van der Waals surface area contributed by atoms with Crippen LogP contribution in [0.1, 0.15) is 27.2 Å². The van der Waals surface area contributed by atoms with Crippen molar-refractivity contribution in [2.75, 3.05) is 45.3 Å². The van der Waals surface area contributed by atoms with Crippen molar-refractivity contribution in [3.8, 4) is 0 Å². The highest BCUT2D eigenvalue weighted by Gasteiger charge is 2.18. The highest BCUT2D eigenvalue weighted by molar-refractivity contribution is 7.98. The Labute approximate surface area is 164 Å². The maximum atomic E-state index is 12.7. The van der Waals surface area contributed by atoms with Crippen LogP contribution in [0.4, 0.5) is 5.82 Å². The van der Waals surface area contributed by atoms with Crippen LogP contribution in [0.3, 0.4) is 0 Å². The van der Waals surface area contributed by atoms with Crippen LogP contribution in [0.25, 0.3) is 0 Å². The average molecular weight is 387 g/mol. The Balaban J connectivity index is 1.71. The van der Waals surface area contributed by atoms with Crippen molar-refractivity contribution in [1.82, 2.24) is 14.9 Å². The normalized spacial score (nSPS) is 14.3. The number of thioether (sulfide) groups is 1. The van der Waals surface area contributed by atoms with Gasteiger partial charge in [-0.3, -0.25) is 4.79 Å². The van der Waals surface area contributed by atoms with Gasteiger partial charge in [-0.1, -0.05) is 23.9 Å². The first-order valence-electron chi connectivity index (χ1n) is 9.07. The molecule has 2 heterocycles. The van der Waals surface area contributed by atoms with Gasteiger partial charge in [-0.15, -0.1) is 0 Å². The average Bonchev–Trinajstić information content (AvgIpc) is 2.69. The molecular weight excluding hydrogens is 360 g/mol. The number of morpholine rings is 1. The van der Waals surface area contributed by atoms with E-state index in [2.05, 4.69) is 9.97 Å². The van der Waals surface area contributed by atoms with Crippen molar-refractivity contribution in [3.63, 3.8) is 0 Å². The van der Waals surface area contributed by atoms with E-state index in [4.69, 9.17) is 4.74 Å². The number of hydrogen-bond acceptors (Lipinski definition) is 6. The van der Waals surface area contributed by atoms with E-state index < -0.39 is 0 Å². The third kappa shape index (κ3) is 4.78. The van der Waals surface area contributed by atoms with Gasteiger partial charge in [0.05, 0.1) is 13.2 Å². The molecule has 0 atom stereocenters. The van der Waals surface area contributed by atoms with Crippen LogP contribution in [-0.2, 0) is 10.5 Å². The highest BCUT2D eigenvalue weighted by atomic mass is 32.2. The van der Waals surface area contributed by atoms with Gasteiger partial charge in [-0.25, -0.2) is 9.97 Å². The predicted molar refractivity (Wildman–Crippen MR) is 109 cm³/mol. The number of aryl methyl sites for hydroxylation is 1. The number of carbonyl (C=O) groups is 1. The number of amides is 1. The second kappa shape index (κ2) is 8.71. The molecule has 0 aliphatic carbocycles. The lowest BCUT2D eigenvalue weighted by Crippen LogP contribution is -2.40. The first-order valence-corrected chi connectivity index (χ1v) is 10.1. The summed E-state index contributed by atoms with van der Waals surface area (Å²) in [5.41, 5.74) is 3.91. The Morgan fingerprint density at radius 2 is 1.96 bits per heavy atom. The molecule has 1 amide bonds. The third-order valence-electron chi connectivity index (χ3n) is 4.61. The van der Waals surface area contributed by atoms with E-state index in [1.807, 2.05) is 62.0 Å². The smallest absolute Gasteiger partial charge is 0.254 e. The van der Waals surface area contributed by atoms with Gasteiger partial charge in [0.2, 0.25) is 0 Å². The molecule has 2 aromatic rings. The first kappa shape index (κ1) is 19.6. The predicted octanol–water partition coefficient (Wildman–Crippen LogP) is 2.92. The van der Waals surface area contributed by atoms with Gasteiger partial charge < -0.3 is 14.5 Å². The fraction of sp³-hybridized carbons (Fsp3) is 0.450. The minimum Gasteiger partial charge on any atom is -0.378 e. The largest absolute Gasteiger partial charge is 0.378 e. The lowest BCUT2D eigenvalue weighted by Gasteiger charge is -2.27. The van der Waals surface area contributed by atoms with Crippen LogP contribution in [0.5, 0.6) is 0 Å². The van der Waals surface area contributed by atoms with Gasteiger partial charge in [0.15, 0.2) is 5.16 Å². The van der Waals surface area contributed by atoms with Gasteiger partial charge >= 0.3 is 0 Å². The minimum absolute atomic E-state index is 0.0717. The summed E-state index contributed by atoms with van der Waals surface area (Å²) in [6.45, 7) is 6.58. The molecule has 0 spiro atoms. The lowest BCUT2D eigenvalue weighted by atomic mass is 10.1. The van der Waals surface area contributed by atoms with E-state index >= 15 is 0 Å². The van der Waals surface area contributed by atoms with Gasteiger partial charge in [-0.2, -0.15) is 0 Å². The summed E-state index contributed by atoms with van der Waals surface area (Å²) in [7, 11) is 3.98. The van der Waals surface area contributed by atoms with Gasteiger partial charge in [0.25, 0.3) is 5.91 Å². The summed E-state index contributed by atoms with van der Waals surface area (Å²) in [6.07, 6.45) is 0. The quantitative estimate of drug-likeness (QED) is 0.582. The number of benzene rings is 1. The van der Waals surface area contributed by atoms with E-state index in [0.29, 0.717) is 26.3 Å². The maximum absolute atomic E-state index is 12.7. The topological polar surface area (TPSA) is 58.6 Å². The van der Waals surface area contributed by atoms with Crippen molar-refractivity contribution in [1.29, 1.82) is 0 Å². The molecule has 0 bridgehead atoms. The van der Waals surface area contributed by atoms with E-state index in [0.717, 1.165) is 39.1 Å². The van der Waals surface area contributed by atoms with Crippen LogP contribution in [-0.4, -0.2) is 61.2 Å². The first-order chi connectivity index (χ1) is 13.0. The van der Waals surface area contributed by atoms with Crippen LogP contribution >= 0.6 is 11.8 Å².